The van der Waals surface area contributed by atoms with Gasteiger partial charge in [0.2, 0.25) is 5.91 Å². The van der Waals surface area contributed by atoms with Crippen molar-refractivity contribution in [2.24, 2.45) is 5.92 Å². The Hall–Kier alpha value is -0.650. The van der Waals surface area contributed by atoms with E-state index < -0.39 is 0 Å². The number of nitrogens with one attached hydrogen (secondary N) is 2. The Morgan fingerprint density at radius 2 is 2.12 bits per heavy atom. The number of ether oxygens (including phenoxy) is 1. The SMILES string of the molecule is CN(CC1CCOCC1)C(=O)C1CNCCN1. The van der Waals surface area contributed by atoms with E-state index in [-0.39, 0.29) is 11.9 Å². The summed E-state index contributed by atoms with van der Waals surface area (Å²) in [6.07, 6.45) is 2.15. The topological polar surface area (TPSA) is 53.6 Å². The summed E-state index contributed by atoms with van der Waals surface area (Å²) in [5.41, 5.74) is 0. The van der Waals surface area contributed by atoms with E-state index in [4.69, 9.17) is 4.74 Å². The highest BCUT2D eigenvalue weighted by atomic mass is 16.5. The van der Waals surface area contributed by atoms with E-state index in [1.54, 1.807) is 0 Å². The first-order chi connectivity index (χ1) is 8.27. The Labute approximate surface area is 103 Å². The van der Waals surface area contributed by atoms with Gasteiger partial charge < -0.3 is 20.3 Å². The zero-order valence-electron chi connectivity index (χ0n) is 10.6. The lowest BCUT2D eigenvalue weighted by molar-refractivity contribution is -0.133. The van der Waals surface area contributed by atoms with Crippen LogP contribution in [0.5, 0.6) is 0 Å². The van der Waals surface area contributed by atoms with Crippen LogP contribution in [0.15, 0.2) is 0 Å². The van der Waals surface area contributed by atoms with Gasteiger partial charge >= 0.3 is 0 Å². The summed E-state index contributed by atoms with van der Waals surface area (Å²) in [5.74, 6) is 0.818. The van der Waals surface area contributed by atoms with Gasteiger partial charge in [0.25, 0.3) is 0 Å². The lowest BCUT2D eigenvalue weighted by Crippen LogP contribution is -2.56. The normalized spacial score (nSPS) is 26.8. The number of carbonyl (C=O) groups excluding carboxylic acids is 1. The first-order valence-corrected chi connectivity index (χ1v) is 6.54. The largest absolute Gasteiger partial charge is 0.381 e. The Morgan fingerprint density at radius 1 is 1.35 bits per heavy atom. The summed E-state index contributed by atoms with van der Waals surface area (Å²) in [6, 6.07) is -0.0476. The fourth-order valence-corrected chi connectivity index (χ4v) is 2.50. The van der Waals surface area contributed by atoms with E-state index in [2.05, 4.69) is 10.6 Å². The first kappa shape index (κ1) is 12.8. The van der Waals surface area contributed by atoms with Crippen molar-refractivity contribution in [3.63, 3.8) is 0 Å². The number of carbonyl (C=O) groups is 1. The smallest absolute Gasteiger partial charge is 0.240 e. The van der Waals surface area contributed by atoms with Crippen LogP contribution in [0.4, 0.5) is 0 Å². The summed E-state index contributed by atoms with van der Waals surface area (Å²) in [4.78, 5) is 14.0. The molecule has 2 heterocycles. The van der Waals surface area contributed by atoms with Gasteiger partial charge in [0, 0.05) is 46.4 Å². The van der Waals surface area contributed by atoms with Crippen molar-refractivity contribution in [2.75, 3.05) is 46.4 Å². The molecule has 17 heavy (non-hydrogen) atoms. The van der Waals surface area contributed by atoms with Crippen molar-refractivity contribution in [1.82, 2.24) is 15.5 Å². The quantitative estimate of drug-likeness (QED) is 0.695. The molecule has 0 aliphatic carbocycles. The number of hydrogen-bond donors (Lipinski definition) is 2. The van der Waals surface area contributed by atoms with Crippen LogP contribution in [0.2, 0.25) is 0 Å². The predicted octanol–water partition coefficient (Wildman–Crippen LogP) is -0.567. The number of rotatable bonds is 3. The van der Waals surface area contributed by atoms with Gasteiger partial charge in [-0.2, -0.15) is 0 Å². The van der Waals surface area contributed by atoms with Crippen molar-refractivity contribution in [3.05, 3.63) is 0 Å². The minimum atomic E-state index is -0.0476. The highest BCUT2D eigenvalue weighted by Crippen LogP contribution is 2.15. The second-order valence-corrected chi connectivity index (χ2v) is 4.99. The van der Waals surface area contributed by atoms with Crippen LogP contribution in [-0.2, 0) is 9.53 Å². The van der Waals surface area contributed by atoms with E-state index >= 15 is 0 Å². The summed E-state index contributed by atoms with van der Waals surface area (Å²) < 4.78 is 5.33. The molecule has 2 aliphatic rings. The van der Waals surface area contributed by atoms with E-state index in [9.17, 15) is 4.79 Å². The van der Waals surface area contributed by atoms with Crippen LogP contribution in [0.3, 0.4) is 0 Å². The zero-order chi connectivity index (χ0) is 12.1. The molecule has 1 atom stereocenters. The average molecular weight is 241 g/mol. The van der Waals surface area contributed by atoms with Gasteiger partial charge in [-0.25, -0.2) is 0 Å². The molecule has 2 saturated heterocycles. The van der Waals surface area contributed by atoms with Crippen molar-refractivity contribution >= 4 is 5.91 Å². The Morgan fingerprint density at radius 3 is 2.76 bits per heavy atom. The molecule has 0 aromatic rings. The second-order valence-electron chi connectivity index (χ2n) is 4.99. The molecule has 98 valence electrons. The number of nitrogens with zero attached hydrogens (tertiary/aromatic N) is 1. The van der Waals surface area contributed by atoms with Crippen LogP contribution in [-0.4, -0.2) is 63.3 Å². The van der Waals surface area contributed by atoms with Crippen LogP contribution < -0.4 is 10.6 Å². The molecule has 0 spiro atoms. The molecule has 1 amide bonds. The Balaban J connectivity index is 1.77. The van der Waals surface area contributed by atoms with Gasteiger partial charge in [0.1, 0.15) is 0 Å². The number of likely N-dealkylation sites (N-methyl/N-ethyl adjacent to an activating group) is 1. The third kappa shape index (κ3) is 3.66. The van der Waals surface area contributed by atoms with Gasteiger partial charge in [0.15, 0.2) is 0 Å². The fraction of sp³-hybridized carbons (Fsp3) is 0.917. The van der Waals surface area contributed by atoms with Gasteiger partial charge in [-0.1, -0.05) is 0 Å². The van der Waals surface area contributed by atoms with Crippen molar-refractivity contribution in [2.45, 2.75) is 18.9 Å². The van der Waals surface area contributed by atoms with Crippen LogP contribution in [0.25, 0.3) is 0 Å². The van der Waals surface area contributed by atoms with Crippen LogP contribution >= 0.6 is 0 Å². The minimum absolute atomic E-state index is 0.0476. The molecule has 2 rings (SSSR count). The maximum absolute atomic E-state index is 12.2. The number of amides is 1. The van der Waals surface area contributed by atoms with Crippen molar-refractivity contribution in [1.29, 1.82) is 0 Å². The molecule has 5 heteroatoms. The van der Waals surface area contributed by atoms with E-state index in [0.29, 0.717) is 5.92 Å². The third-order valence-electron chi connectivity index (χ3n) is 3.59. The van der Waals surface area contributed by atoms with Crippen LogP contribution in [0, 0.1) is 5.92 Å². The Kier molecular flexibility index (Phi) is 4.76. The monoisotopic (exact) mass is 241 g/mol. The molecule has 2 fully saturated rings. The average Bonchev–Trinajstić information content (AvgIpc) is 2.40. The highest BCUT2D eigenvalue weighted by Gasteiger charge is 2.25. The lowest BCUT2D eigenvalue weighted by Gasteiger charge is -2.31. The van der Waals surface area contributed by atoms with Crippen molar-refractivity contribution in [3.8, 4) is 0 Å². The Bertz CT molecular complexity index is 248. The van der Waals surface area contributed by atoms with Crippen molar-refractivity contribution < 1.29 is 9.53 Å². The van der Waals surface area contributed by atoms with Crippen LogP contribution in [0.1, 0.15) is 12.8 Å². The molecule has 0 aromatic heterocycles. The summed E-state index contributed by atoms with van der Waals surface area (Å²) >= 11 is 0. The maximum Gasteiger partial charge on any atom is 0.240 e. The second kappa shape index (κ2) is 6.33. The summed E-state index contributed by atoms with van der Waals surface area (Å²) in [5, 5.41) is 6.50. The number of piperazine rings is 1. The molecule has 5 nitrogen and oxygen atoms in total. The highest BCUT2D eigenvalue weighted by molar-refractivity contribution is 5.82. The molecule has 2 aliphatic heterocycles. The molecule has 0 radical (unpaired) electrons. The van der Waals surface area contributed by atoms with E-state index in [1.807, 2.05) is 11.9 Å². The first-order valence-electron chi connectivity index (χ1n) is 6.54. The van der Waals surface area contributed by atoms with Gasteiger partial charge in [-0.05, 0) is 18.8 Å². The zero-order valence-corrected chi connectivity index (χ0v) is 10.6. The lowest BCUT2D eigenvalue weighted by atomic mass is 9.99. The van der Waals surface area contributed by atoms with Gasteiger partial charge in [-0.15, -0.1) is 0 Å². The van der Waals surface area contributed by atoms with Gasteiger partial charge in [0.05, 0.1) is 6.04 Å². The fourth-order valence-electron chi connectivity index (χ4n) is 2.50. The molecule has 0 aromatic carbocycles. The molecule has 2 N–H and O–H groups in total. The summed E-state index contributed by atoms with van der Waals surface area (Å²) in [7, 11) is 1.91. The molecular weight excluding hydrogens is 218 g/mol. The molecular formula is C12H23N3O2. The predicted molar refractivity (Wildman–Crippen MR) is 65.8 cm³/mol. The minimum Gasteiger partial charge on any atom is -0.381 e. The number of hydrogen-bond acceptors (Lipinski definition) is 4. The van der Waals surface area contributed by atoms with E-state index in [1.165, 1.54) is 0 Å². The summed E-state index contributed by atoms with van der Waals surface area (Å²) in [6.45, 7) is 5.12. The molecule has 0 bridgehead atoms. The third-order valence-corrected chi connectivity index (χ3v) is 3.59. The molecule has 1 unspecified atom stereocenters. The standard InChI is InChI=1S/C12H23N3O2/c1-15(9-10-2-6-17-7-3-10)12(16)11-8-13-4-5-14-11/h10-11,13-14H,2-9H2,1H3. The molecule has 0 saturated carbocycles. The maximum atomic E-state index is 12.2. The van der Waals surface area contributed by atoms with Gasteiger partial charge in [-0.3, -0.25) is 4.79 Å². The van der Waals surface area contributed by atoms with E-state index in [0.717, 1.165) is 52.2 Å².